The molecule has 0 saturated heterocycles. The zero-order valence-corrected chi connectivity index (χ0v) is 12.1. The number of esters is 1. The van der Waals surface area contributed by atoms with Gasteiger partial charge in [-0.2, -0.15) is 0 Å². The third kappa shape index (κ3) is 2.87. The third-order valence-electron chi connectivity index (χ3n) is 2.85. The van der Waals surface area contributed by atoms with Crippen LogP contribution < -0.4 is 0 Å². The lowest BCUT2D eigenvalue weighted by atomic mass is 10.4. The van der Waals surface area contributed by atoms with Crippen LogP contribution in [0.4, 0.5) is 0 Å². The predicted molar refractivity (Wildman–Crippen MR) is 77.9 cm³/mol. The van der Waals surface area contributed by atoms with Gasteiger partial charge >= 0.3 is 5.97 Å². The molecule has 3 aromatic rings. The molecule has 0 N–H and O–H groups in total. The molecule has 21 heavy (non-hydrogen) atoms. The van der Waals surface area contributed by atoms with E-state index in [9.17, 15) is 4.79 Å². The molecule has 2 heterocycles. The first-order valence-corrected chi connectivity index (χ1v) is 7.05. The van der Waals surface area contributed by atoms with Crippen molar-refractivity contribution in [1.82, 2.24) is 19.5 Å². The van der Waals surface area contributed by atoms with Crippen molar-refractivity contribution in [3.63, 3.8) is 0 Å². The van der Waals surface area contributed by atoms with Crippen molar-refractivity contribution < 1.29 is 9.53 Å². The standard InChI is InChI=1S/C14H12N4O2S/c1-20-11(19)7-18-9-17-12-13(18)15-8-16-14(12)21-10-5-3-2-4-6-10/h2-6,8-9H,7H2,1H3. The first-order valence-electron chi connectivity index (χ1n) is 6.23. The molecule has 7 heteroatoms. The second-order valence-corrected chi connectivity index (χ2v) is 5.28. The lowest BCUT2D eigenvalue weighted by Gasteiger charge is -2.03. The monoisotopic (exact) mass is 300 g/mol. The number of fused-ring (bicyclic) bond motifs is 1. The molecule has 2 aromatic heterocycles. The van der Waals surface area contributed by atoms with Crippen LogP contribution in [0.15, 0.2) is 52.9 Å². The van der Waals surface area contributed by atoms with Crippen LogP contribution in [0, 0.1) is 0 Å². The minimum Gasteiger partial charge on any atom is -0.468 e. The maximum Gasteiger partial charge on any atom is 0.325 e. The Kier molecular flexibility index (Phi) is 3.83. The van der Waals surface area contributed by atoms with Gasteiger partial charge in [0.25, 0.3) is 0 Å². The van der Waals surface area contributed by atoms with Gasteiger partial charge < -0.3 is 9.30 Å². The number of carbonyl (C=O) groups is 1. The van der Waals surface area contributed by atoms with Gasteiger partial charge in [0.05, 0.1) is 13.4 Å². The highest BCUT2D eigenvalue weighted by atomic mass is 32.2. The molecular weight excluding hydrogens is 288 g/mol. The van der Waals surface area contributed by atoms with Crippen LogP contribution in [0.2, 0.25) is 0 Å². The molecule has 0 fully saturated rings. The molecule has 0 aliphatic rings. The van der Waals surface area contributed by atoms with Crippen molar-refractivity contribution in [2.24, 2.45) is 0 Å². The Balaban J connectivity index is 1.96. The second kappa shape index (κ2) is 5.92. The van der Waals surface area contributed by atoms with Gasteiger partial charge in [0.1, 0.15) is 23.4 Å². The highest BCUT2D eigenvalue weighted by Crippen LogP contribution is 2.29. The molecule has 6 nitrogen and oxygen atoms in total. The third-order valence-corrected chi connectivity index (χ3v) is 3.85. The molecule has 0 spiro atoms. The molecule has 0 unspecified atom stereocenters. The van der Waals surface area contributed by atoms with Gasteiger partial charge in [0.15, 0.2) is 5.65 Å². The Morgan fingerprint density at radius 3 is 2.81 bits per heavy atom. The van der Waals surface area contributed by atoms with Crippen LogP contribution in [-0.2, 0) is 16.1 Å². The zero-order chi connectivity index (χ0) is 14.7. The SMILES string of the molecule is COC(=O)Cn1cnc2c(Sc3ccccc3)ncnc21. The van der Waals surface area contributed by atoms with Crippen LogP contribution in [0.25, 0.3) is 11.2 Å². The van der Waals surface area contributed by atoms with Gasteiger partial charge in [0, 0.05) is 4.90 Å². The molecule has 0 radical (unpaired) electrons. The molecule has 0 aliphatic heterocycles. The highest BCUT2D eigenvalue weighted by molar-refractivity contribution is 7.99. The van der Waals surface area contributed by atoms with Crippen LogP contribution in [0.5, 0.6) is 0 Å². The van der Waals surface area contributed by atoms with Crippen LogP contribution in [0.3, 0.4) is 0 Å². The van der Waals surface area contributed by atoms with Crippen molar-refractivity contribution in [2.75, 3.05) is 7.11 Å². The normalized spacial score (nSPS) is 10.7. The number of aromatic nitrogens is 4. The summed E-state index contributed by atoms with van der Waals surface area (Å²) >= 11 is 1.51. The molecule has 0 bridgehead atoms. The van der Waals surface area contributed by atoms with Crippen molar-refractivity contribution in [2.45, 2.75) is 16.5 Å². The van der Waals surface area contributed by atoms with Crippen LogP contribution >= 0.6 is 11.8 Å². The average Bonchev–Trinajstić information content (AvgIpc) is 2.92. The van der Waals surface area contributed by atoms with E-state index in [0.717, 1.165) is 9.92 Å². The maximum atomic E-state index is 11.4. The van der Waals surface area contributed by atoms with E-state index in [2.05, 4.69) is 19.7 Å². The van der Waals surface area contributed by atoms with Gasteiger partial charge in [-0.15, -0.1) is 0 Å². The summed E-state index contributed by atoms with van der Waals surface area (Å²) in [5.74, 6) is -0.342. The summed E-state index contributed by atoms with van der Waals surface area (Å²) in [5, 5.41) is 0.759. The van der Waals surface area contributed by atoms with Gasteiger partial charge in [-0.1, -0.05) is 30.0 Å². The van der Waals surface area contributed by atoms with E-state index in [1.165, 1.54) is 25.2 Å². The summed E-state index contributed by atoms with van der Waals surface area (Å²) in [6.07, 6.45) is 3.05. The predicted octanol–water partition coefficient (Wildman–Crippen LogP) is 2.15. The topological polar surface area (TPSA) is 69.9 Å². The minimum atomic E-state index is -0.342. The second-order valence-electron chi connectivity index (χ2n) is 4.21. The number of hydrogen-bond donors (Lipinski definition) is 0. The Hall–Kier alpha value is -2.41. The van der Waals surface area contributed by atoms with E-state index in [-0.39, 0.29) is 12.5 Å². The van der Waals surface area contributed by atoms with Crippen molar-refractivity contribution >= 4 is 28.9 Å². The van der Waals surface area contributed by atoms with E-state index >= 15 is 0 Å². The maximum absolute atomic E-state index is 11.4. The number of rotatable bonds is 4. The number of carbonyl (C=O) groups excluding carboxylic acids is 1. The van der Waals surface area contributed by atoms with E-state index in [0.29, 0.717) is 11.2 Å². The molecule has 106 valence electrons. The smallest absolute Gasteiger partial charge is 0.325 e. The fourth-order valence-electron chi connectivity index (χ4n) is 1.85. The summed E-state index contributed by atoms with van der Waals surface area (Å²) in [4.78, 5) is 25.2. The minimum absolute atomic E-state index is 0.0828. The largest absolute Gasteiger partial charge is 0.468 e. The number of benzene rings is 1. The molecule has 0 saturated carbocycles. The summed E-state index contributed by atoms with van der Waals surface area (Å²) < 4.78 is 6.31. The Labute approximate surface area is 125 Å². The molecule has 1 aromatic carbocycles. The fourth-order valence-corrected chi connectivity index (χ4v) is 2.71. The van der Waals surface area contributed by atoms with Crippen LogP contribution in [0.1, 0.15) is 0 Å². The number of nitrogens with zero attached hydrogens (tertiary/aromatic N) is 4. The first kappa shape index (κ1) is 13.6. The fraction of sp³-hybridized carbons (Fsp3) is 0.143. The zero-order valence-electron chi connectivity index (χ0n) is 11.3. The summed E-state index contributed by atoms with van der Waals surface area (Å²) in [7, 11) is 1.35. The van der Waals surface area contributed by atoms with Crippen molar-refractivity contribution in [1.29, 1.82) is 0 Å². The Morgan fingerprint density at radius 1 is 1.24 bits per heavy atom. The van der Waals surface area contributed by atoms with Gasteiger partial charge in [0.2, 0.25) is 0 Å². The molecule has 0 aliphatic carbocycles. The average molecular weight is 300 g/mol. The van der Waals surface area contributed by atoms with Gasteiger partial charge in [-0.05, 0) is 12.1 Å². The molecule has 3 rings (SSSR count). The molecule has 0 atom stereocenters. The summed E-state index contributed by atoms with van der Waals surface area (Å²) in [6, 6.07) is 9.91. The van der Waals surface area contributed by atoms with Crippen molar-refractivity contribution in [3.8, 4) is 0 Å². The lowest BCUT2D eigenvalue weighted by Crippen LogP contribution is -2.11. The van der Waals surface area contributed by atoms with E-state index < -0.39 is 0 Å². The Morgan fingerprint density at radius 2 is 2.05 bits per heavy atom. The number of ether oxygens (including phenoxy) is 1. The Bertz CT molecular complexity index is 773. The van der Waals surface area contributed by atoms with Gasteiger partial charge in [-0.3, -0.25) is 4.79 Å². The number of methoxy groups -OCH3 is 1. The highest BCUT2D eigenvalue weighted by Gasteiger charge is 2.13. The lowest BCUT2D eigenvalue weighted by molar-refractivity contribution is -0.141. The molecular formula is C14H12N4O2S. The van der Waals surface area contributed by atoms with Crippen LogP contribution in [-0.4, -0.2) is 32.6 Å². The van der Waals surface area contributed by atoms with E-state index in [4.69, 9.17) is 0 Å². The van der Waals surface area contributed by atoms with E-state index in [1.807, 2.05) is 30.3 Å². The van der Waals surface area contributed by atoms with E-state index in [1.54, 1.807) is 10.9 Å². The van der Waals surface area contributed by atoms with Crippen molar-refractivity contribution in [3.05, 3.63) is 43.0 Å². The number of imidazole rings is 1. The first-order chi connectivity index (χ1) is 10.3. The van der Waals surface area contributed by atoms with Gasteiger partial charge in [-0.25, -0.2) is 15.0 Å². The number of hydrogen-bond acceptors (Lipinski definition) is 6. The summed E-state index contributed by atoms with van der Waals surface area (Å²) in [5.41, 5.74) is 1.30. The molecule has 0 amide bonds. The quantitative estimate of drug-likeness (QED) is 0.543. The summed E-state index contributed by atoms with van der Waals surface area (Å²) in [6.45, 7) is 0.0828.